The molecule has 0 bridgehead atoms. The van der Waals surface area contributed by atoms with Crippen LogP contribution in [-0.4, -0.2) is 17.3 Å². The maximum atomic E-state index is 13.0. The summed E-state index contributed by atoms with van der Waals surface area (Å²) in [7, 11) is 0. The number of nitro groups is 1. The molecule has 6 heteroatoms. The van der Waals surface area contributed by atoms with E-state index >= 15 is 0 Å². The number of ether oxygens (including phenoxy) is 1. The largest absolute Gasteiger partial charge is 0.493 e. The first-order valence-corrected chi connectivity index (χ1v) is 9.90. The van der Waals surface area contributed by atoms with Crippen LogP contribution >= 0.6 is 15.9 Å². The Labute approximate surface area is 172 Å². The number of nitrogens with zero attached hydrogens (tertiary/aromatic N) is 1. The molecule has 144 valence electrons. The molecule has 2 aromatic carbocycles. The molecule has 1 aliphatic carbocycles. The number of para-hydroxylation sites is 1. The second kappa shape index (κ2) is 8.97. The van der Waals surface area contributed by atoms with E-state index in [-0.39, 0.29) is 11.5 Å². The lowest BCUT2D eigenvalue weighted by molar-refractivity contribution is -0.385. The van der Waals surface area contributed by atoms with Crippen molar-refractivity contribution in [2.24, 2.45) is 0 Å². The van der Waals surface area contributed by atoms with Gasteiger partial charge in [-0.25, -0.2) is 0 Å². The van der Waals surface area contributed by atoms with Crippen LogP contribution < -0.4 is 4.74 Å². The molecular formula is C22H20BrNO4. The number of hydrogen-bond donors (Lipinski definition) is 0. The monoisotopic (exact) mass is 441 g/mol. The van der Waals surface area contributed by atoms with Crippen molar-refractivity contribution in [1.82, 2.24) is 0 Å². The number of Topliss-reactive ketones (excluding diaryl/α,β-unsaturated/α-hetero) is 1. The Morgan fingerprint density at radius 1 is 1.11 bits per heavy atom. The lowest BCUT2D eigenvalue weighted by atomic mass is 9.86. The molecule has 1 saturated carbocycles. The maximum Gasteiger partial charge on any atom is 0.276 e. The van der Waals surface area contributed by atoms with Gasteiger partial charge in [0.2, 0.25) is 0 Å². The lowest BCUT2D eigenvalue weighted by Gasteiger charge is -2.17. The third-order valence-electron chi connectivity index (χ3n) is 4.54. The van der Waals surface area contributed by atoms with Gasteiger partial charge in [-0.3, -0.25) is 14.9 Å². The number of allylic oxidation sites excluding steroid dienone is 2. The average molecular weight is 442 g/mol. The highest BCUT2D eigenvalue weighted by Gasteiger charge is 2.22. The number of benzene rings is 2. The Bertz CT molecular complexity index is 978. The zero-order chi connectivity index (χ0) is 20.1. The highest BCUT2D eigenvalue weighted by Crippen LogP contribution is 2.32. The number of ketones is 1. The summed E-state index contributed by atoms with van der Waals surface area (Å²) in [6, 6.07) is 12.2. The van der Waals surface area contributed by atoms with Gasteiger partial charge in [-0.1, -0.05) is 28.1 Å². The number of carbonyl (C=O) groups excluding carboxylic acids is 1. The Hall–Kier alpha value is -2.73. The first kappa shape index (κ1) is 20.0. The van der Waals surface area contributed by atoms with Crippen LogP contribution in [0.25, 0.3) is 12.2 Å². The molecule has 0 N–H and O–H groups in total. The van der Waals surface area contributed by atoms with Crippen LogP contribution in [-0.2, 0) is 4.79 Å². The van der Waals surface area contributed by atoms with Gasteiger partial charge in [0.1, 0.15) is 5.75 Å². The summed E-state index contributed by atoms with van der Waals surface area (Å²) in [6.45, 7) is 2.45. The minimum atomic E-state index is -0.424. The smallest absolute Gasteiger partial charge is 0.276 e. The van der Waals surface area contributed by atoms with Crippen LogP contribution in [0.15, 0.2) is 58.1 Å². The van der Waals surface area contributed by atoms with Crippen LogP contribution in [0.3, 0.4) is 0 Å². The van der Waals surface area contributed by atoms with E-state index in [1.165, 1.54) is 6.07 Å². The van der Waals surface area contributed by atoms with Gasteiger partial charge in [-0.15, -0.1) is 0 Å². The standard InChI is InChI=1S/C22H20BrNO4/c1-2-28-21-11-10-19(23)14-18(21)13-17-8-5-7-16(22(17)25)12-15-6-3-4-9-20(15)24(26)27/h3-4,6,9-14H,2,5,7-8H2,1H3/b16-12+,17-13+. The van der Waals surface area contributed by atoms with Crippen molar-refractivity contribution in [1.29, 1.82) is 0 Å². The number of nitro benzene ring substituents is 1. The minimum absolute atomic E-state index is 0.00419. The van der Waals surface area contributed by atoms with Gasteiger partial charge < -0.3 is 4.74 Å². The number of rotatable bonds is 5. The third kappa shape index (κ3) is 4.57. The fourth-order valence-electron chi connectivity index (χ4n) is 3.25. The van der Waals surface area contributed by atoms with E-state index in [1.807, 2.05) is 31.2 Å². The molecule has 0 saturated heterocycles. The molecule has 0 atom stereocenters. The van der Waals surface area contributed by atoms with Gasteiger partial charge in [-0.05, 0) is 62.6 Å². The van der Waals surface area contributed by atoms with Crippen LogP contribution in [0.5, 0.6) is 5.75 Å². The molecule has 0 spiro atoms. The summed E-state index contributed by atoms with van der Waals surface area (Å²) in [5.41, 5.74) is 2.58. The maximum absolute atomic E-state index is 13.0. The average Bonchev–Trinajstić information content (AvgIpc) is 2.67. The molecule has 1 fully saturated rings. The molecular weight excluding hydrogens is 422 g/mol. The second-order valence-electron chi connectivity index (χ2n) is 6.45. The fourth-order valence-corrected chi connectivity index (χ4v) is 3.63. The van der Waals surface area contributed by atoms with Crippen molar-refractivity contribution in [3.05, 3.63) is 79.3 Å². The van der Waals surface area contributed by atoms with E-state index in [0.29, 0.717) is 36.2 Å². The quantitative estimate of drug-likeness (QED) is 0.325. The van der Waals surface area contributed by atoms with E-state index < -0.39 is 4.92 Å². The zero-order valence-electron chi connectivity index (χ0n) is 15.5. The normalized spacial score (nSPS) is 17.1. The summed E-state index contributed by atoms with van der Waals surface area (Å²) >= 11 is 3.46. The Morgan fingerprint density at radius 2 is 1.79 bits per heavy atom. The third-order valence-corrected chi connectivity index (χ3v) is 5.03. The Morgan fingerprint density at radius 3 is 2.46 bits per heavy atom. The summed E-state index contributed by atoms with van der Waals surface area (Å²) in [4.78, 5) is 23.8. The van der Waals surface area contributed by atoms with Crippen molar-refractivity contribution in [2.45, 2.75) is 26.2 Å². The van der Waals surface area contributed by atoms with Crippen LogP contribution in [0.2, 0.25) is 0 Å². The summed E-state index contributed by atoms with van der Waals surface area (Å²) in [6.07, 6.45) is 5.62. The molecule has 3 rings (SSSR count). The topological polar surface area (TPSA) is 69.4 Å². The van der Waals surface area contributed by atoms with Gasteiger partial charge in [0.05, 0.1) is 17.1 Å². The zero-order valence-corrected chi connectivity index (χ0v) is 17.1. The van der Waals surface area contributed by atoms with Gasteiger partial charge in [0.15, 0.2) is 5.78 Å². The predicted molar refractivity (Wildman–Crippen MR) is 113 cm³/mol. The molecule has 1 aliphatic rings. The SMILES string of the molecule is CCOc1ccc(Br)cc1/C=C1\CCC/C(=C\c2ccccc2[N+](=O)[O-])C1=O. The van der Waals surface area contributed by atoms with E-state index in [4.69, 9.17) is 4.74 Å². The number of carbonyl (C=O) groups is 1. The van der Waals surface area contributed by atoms with E-state index in [2.05, 4.69) is 15.9 Å². The summed E-state index contributed by atoms with van der Waals surface area (Å²) in [5, 5.41) is 11.2. The van der Waals surface area contributed by atoms with Crippen LogP contribution in [0.1, 0.15) is 37.3 Å². The highest BCUT2D eigenvalue weighted by atomic mass is 79.9. The Balaban J connectivity index is 1.97. The second-order valence-corrected chi connectivity index (χ2v) is 7.37. The highest BCUT2D eigenvalue weighted by molar-refractivity contribution is 9.10. The molecule has 0 radical (unpaired) electrons. The summed E-state index contributed by atoms with van der Waals surface area (Å²) < 4.78 is 6.57. The molecule has 0 unspecified atom stereocenters. The molecule has 0 aliphatic heterocycles. The van der Waals surface area contributed by atoms with Crippen molar-refractivity contribution in [2.75, 3.05) is 6.61 Å². The van der Waals surface area contributed by atoms with E-state index in [9.17, 15) is 14.9 Å². The number of hydrogen-bond acceptors (Lipinski definition) is 4. The van der Waals surface area contributed by atoms with Gasteiger partial charge in [0.25, 0.3) is 5.69 Å². The molecule has 28 heavy (non-hydrogen) atoms. The molecule has 0 aromatic heterocycles. The van der Waals surface area contributed by atoms with Crippen LogP contribution in [0, 0.1) is 10.1 Å². The minimum Gasteiger partial charge on any atom is -0.493 e. The lowest BCUT2D eigenvalue weighted by Crippen LogP contribution is -2.12. The van der Waals surface area contributed by atoms with E-state index in [1.54, 1.807) is 24.3 Å². The molecule has 0 heterocycles. The fraction of sp³-hybridized carbons (Fsp3) is 0.227. The first-order valence-electron chi connectivity index (χ1n) is 9.11. The molecule has 0 amide bonds. The van der Waals surface area contributed by atoms with Crippen LogP contribution in [0.4, 0.5) is 5.69 Å². The molecule has 2 aromatic rings. The Kier molecular flexibility index (Phi) is 6.41. The summed E-state index contributed by atoms with van der Waals surface area (Å²) in [5.74, 6) is 0.660. The molecule has 5 nitrogen and oxygen atoms in total. The first-order chi connectivity index (χ1) is 13.5. The van der Waals surface area contributed by atoms with Gasteiger partial charge >= 0.3 is 0 Å². The number of halogens is 1. The van der Waals surface area contributed by atoms with Crippen molar-refractivity contribution < 1.29 is 14.5 Å². The van der Waals surface area contributed by atoms with Gasteiger partial charge in [0, 0.05) is 27.2 Å². The van der Waals surface area contributed by atoms with E-state index in [0.717, 1.165) is 22.2 Å². The van der Waals surface area contributed by atoms with Crippen molar-refractivity contribution in [3.63, 3.8) is 0 Å². The van der Waals surface area contributed by atoms with Crippen molar-refractivity contribution in [3.8, 4) is 5.75 Å². The predicted octanol–water partition coefficient (Wildman–Crippen LogP) is 5.98. The van der Waals surface area contributed by atoms with Crippen molar-refractivity contribution >= 4 is 39.6 Å². The van der Waals surface area contributed by atoms with Gasteiger partial charge in [-0.2, -0.15) is 0 Å².